The van der Waals surface area contributed by atoms with E-state index in [0.717, 1.165) is 0 Å². The predicted octanol–water partition coefficient (Wildman–Crippen LogP) is 4.95. The molecule has 0 unspecified atom stereocenters. The van der Waals surface area contributed by atoms with Gasteiger partial charge in [-0.25, -0.2) is 9.59 Å². The Labute approximate surface area is 197 Å². The molecule has 0 amide bonds. The number of hydrogen-bond donors (Lipinski definition) is 4. The highest BCUT2D eigenvalue weighted by Gasteiger charge is 2.16. The first-order valence-corrected chi connectivity index (χ1v) is 9.06. The molecule has 0 saturated carbocycles. The van der Waals surface area contributed by atoms with Crippen LogP contribution in [0.15, 0.2) is 72.8 Å². The molecule has 0 fully saturated rings. The Kier molecular flexibility index (Phi) is 9.53. The number of carboxylic acids is 2. The molecule has 8 heteroatoms. The number of hydrogen-bond acceptors (Lipinski definition) is 4. The number of rotatable bonds is 6. The molecule has 3 aromatic carbocycles. The Hall–Kier alpha value is -3.74. The number of nitrogen functional groups attached to an aromatic ring is 2. The molecule has 6 N–H and O–H groups in total. The smallest absolute Gasteiger partial charge is 0.336 e. The van der Waals surface area contributed by atoms with Crippen molar-refractivity contribution in [2.45, 2.75) is 0 Å². The molecule has 0 radical (unpaired) electrons. The zero-order valence-corrected chi connectivity index (χ0v) is 18.4. The largest absolute Gasteiger partial charge is 0.478 e. The van der Waals surface area contributed by atoms with E-state index in [1.807, 2.05) is 0 Å². The second-order valence-electron chi connectivity index (χ2n) is 6.56. The second kappa shape index (κ2) is 11.6. The van der Waals surface area contributed by atoms with Gasteiger partial charge in [-0.2, -0.15) is 0 Å². The Bertz CT molecular complexity index is 1100. The first-order valence-electron chi connectivity index (χ1n) is 9.06. The molecular formula is C24H22Cl2N2O4. The summed E-state index contributed by atoms with van der Waals surface area (Å²) in [5, 5.41) is 19.5. The molecule has 6 nitrogen and oxygen atoms in total. The van der Waals surface area contributed by atoms with Crippen LogP contribution in [0.5, 0.6) is 0 Å². The van der Waals surface area contributed by atoms with Crippen LogP contribution in [-0.4, -0.2) is 22.2 Å². The van der Waals surface area contributed by atoms with Crippen LogP contribution >= 0.6 is 24.8 Å². The van der Waals surface area contributed by atoms with Gasteiger partial charge in [0.2, 0.25) is 0 Å². The van der Waals surface area contributed by atoms with Gasteiger partial charge in [-0.15, -0.1) is 24.8 Å². The number of carboxylic acid groups (broad SMARTS) is 2. The Morgan fingerprint density at radius 1 is 0.625 bits per heavy atom. The molecule has 0 atom stereocenters. The van der Waals surface area contributed by atoms with Crippen molar-refractivity contribution in [1.29, 1.82) is 0 Å². The lowest BCUT2D eigenvalue weighted by molar-refractivity contribution is -0.131. The van der Waals surface area contributed by atoms with E-state index in [-0.39, 0.29) is 36.0 Å². The van der Waals surface area contributed by atoms with Gasteiger partial charge in [0.25, 0.3) is 0 Å². The minimum Gasteiger partial charge on any atom is -0.478 e. The lowest BCUT2D eigenvalue weighted by Gasteiger charge is -2.09. The average Bonchev–Trinajstić information content (AvgIpc) is 2.72. The molecule has 0 saturated heterocycles. The van der Waals surface area contributed by atoms with Gasteiger partial charge in [-0.05, 0) is 52.6 Å². The van der Waals surface area contributed by atoms with Crippen LogP contribution in [0.25, 0.3) is 23.3 Å². The van der Waals surface area contributed by atoms with Crippen molar-refractivity contribution in [2.75, 3.05) is 11.5 Å². The van der Waals surface area contributed by atoms with Crippen LogP contribution in [0.1, 0.15) is 22.3 Å². The summed E-state index contributed by atoms with van der Waals surface area (Å²) >= 11 is 0. The highest BCUT2D eigenvalue weighted by Crippen LogP contribution is 2.27. The molecule has 0 aliphatic heterocycles. The van der Waals surface area contributed by atoms with Crippen molar-refractivity contribution in [2.24, 2.45) is 0 Å². The summed E-state index contributed by atoms with van der Waals surface area (Å²) in [6.07, 6.45) is 2.94. The number of anilines is 2. The summed E-state index contributed by atoms with van der Waals surface area (Å²) in [6.45, 7) is 0. The van der Waals surface area contributed by atoms with E-state index in [9.17, 15) is 19.8 Å². The Balaban J connectivity index is 0.00000256. The third-order valence-corrected chi connectivity index (χ3v) is 4.54. The Morgan fingerprint density at radius 3 is 1.34 bits per heavy atom. The van der Waals surface area contributed by atoms with E-state index in [2.05, 4.69) is 0 Å². The molecule has 0 aliphatic rings. The molecule has 3 rings (SSSR count). The van der Waals surface area contributed by atoms with Gasteiger partial charge < -0.3 is 21.7 Å². The fourth-order valence-electron chi connectivity index (χ4n) is 2.99. The van der Waals surface area contributed by atoms with Crippen molar-refractivity contribution in [3.8, 4) is 0 Å². The van der Waals surface area contributed by atoms with Gasteiger partial charge in [0.15, 0.2) is 0 Å². The summed E-state index contributed by atoms with van der Waals surface area (Å²) in [7, 11) is 0. The van der Waals surface area contributed by atoms with Gasteiger partial charge in [0.05, 0.1) is 11.1 Å². The number of nitrogens with two attached hydrogens (primary N) is 2. The molecule has 166 valence electrons. The highest BCUT2D eigenvalue weighted by atomic mass is 35.5. The van der Waals surface area contributed by atoms with Gasteiger partial charge in [-0.3, -0.25) is 0 Å². The molecule has 0 aliphatic carbocycles. The van der Waals surface area contributed by atoms with Crippen LogP contribution in [-0.2, 0) is 9.59 Å². The molecule has 32 heavy (non-hydrogen) atoms. The summed E-state index contributed by atoms with van der Waals surface area (Å²) in [6, 6.07) is 20.2. The first-order chi connectivity index (χ1) is 14.4. The number of aliphatic carboxylic acids is 2. The Morgan fingerprint density at radius 2 is 1.00 bits per heavy atom. The minimum absolute atomic E-state index is 0. The summed E-state index contributed by atoms with van der Waals surface area (Å²) in [4.78, 5) is 23.8. The van der Waals surface area contributed by atoms with Gasteiger partial charge in [0, 0.05) is 11.4 Å². The summed E-state index contributed by atoms with van der Waals surface area (Å²) in [5.41, 5.74) is 14.6. The minimum atomic E-state index is -1.15. The normalized spacial score (nSPS) is 11.1. The number of benzene rings is 3. The van der Waals surface area contributed by atoms with E-state index in [0.29, 0.717) is 33.6 Å². The summed E-state index contributed by atoms with van der Waals surface area (Å²) in [5.74, 6) is -2.30. The van der Waals surface area contributed by atoms with Crippen LogP contribution in [0.2, 0.25) is 0 Å². The van der Waals surface area contributed by atoms with Gasteiger partial charge in [0.1, 0.15) is 0 Å². The molecule has 0 bridgehead atoms. The summed E-state index contributed by atoms with van der Waals surface area (Å²) < 4.78 is 0. The molecule has 0 heterocycles. The maximum Gasteiger partial charge on any atom is 0.336 e. The quantitative estimate of drug-likeness (QED) is 0.228. The van der Waals surface area contributed by atoms with Crippen molar-refractivity contribution < 1.29 is 19.8 Å². The van der Waals surface area contributed by atoms with E-state index in [4.69, 9.17) is 11.5 Å². The van der Waals surface area contributed by atoms with Crippen molar-refractivity contribution in [3.05, 3.63) is 95.1 Å². The predicted molar refractivity (Wildman–Crippen MR) is 134 cm³/mol. The zero-order valence-electron chi connectivity index (χ0n) is 16.8. The van der Waals surface area contributed by atoms with Crippen molar-refractivity contribution >= 4 is 71.4 Å². The number of para-hydroxylation sites is 2. The van der Waals surface area contributed by atoms with Crippen LogP contribution in [0.4, 0.5) is 11.4 Å². The molecule has 0 spiro atoms. The van der Waals surface area contributed by atoms with Crippen molar-refractivity contribution in [3.63, 3.8) is 0 Å². The van der Waals surface area contributed by atoms with Crippen molar-refractivity contribution in [1.82, 2.24) is 0 Å². The lowest BCUT2D eigenvalue weighted by Crippen LogP contribution is -2.04. The number of halogens is 2. The highest BCUT2D eigenvalue weighted by molar-refractivity contribution is 6.23. The molecular weight excluding hydrogens is 451 g/mol. The van der Waals surface area contributed by atoms with E-state index in [1.54, 1.807) is 66.7 Å². The third-order valence-electron chi connectivity index (χ3n) is 4.54. The topological polar surface area (TPSA) is 127 Å². The third kappa shape index (κ3) is 6.14. The average molecular weight is 473 g/mol. The maximum absolute atomic E-state index is 11.9. The first kappa shape index (κ1) is 26.3. The molecule has 3 aromatic rings. The second-order valence-corrected chi connectivity index (χ2v) is 6.56. The number of carbonyl (C=O) groups is 2. The van der Waals surface area contributed by atoms with E-state index < -0.39 is 11.9 Å². The van der Waals surface area contributed by atoms with Crippen LogP contribution in [0, 0.1) is 0 Å². The lowest BCUT2D eigenvalue weighted by atomic mass is 9.96. The monoisotopic (exact) mass is 472 g/mol. The van der Waals surface area contributed by atoms with Gasteiger partial charge >= 0.3 is 11.9 Å². The maximum atomic E-state index is 11.9. The zero-order chi connectivity index (χ0) is 21.7. The van der Waals surface area contributed by atoms with E-state index >= 15 is 0 Å². The SMILES string of the molecule is Cl.Cl.Nc1ccccc1/C=C(\C(=O)O)c1cccc(/C(=C\c2ccccc2N)C(=O)O)c1. The van der Waals surface area contributed by atoms with Crippen LogP contribution < -0.4 is 11.5 Å². The van der Waals surface area contributed by atoms with Gasteiger partial charge in [-0.1, -0.05) is 54.6 Å². The molecule has 0 aromatic heterocycles. The fourth-order valence-corrected chi connectivity index (χ4v) is 2.99. The standard InChI is InChI=1S/C24H20N2O4.2ClH/c25-21-10-3-1-6-17(21)13-19(23(27)28)15-8-5-9-16(12-15)20(24(29)30)14-18-7-2-4-11-22(18)26;;/h1-14H,25-26H2,(H,27,28)(H,29,30);2*1H/b19-13-,20-14+;;. The van der Waals surface area contributed by atoms with E-state index in [1.165, 1.54) is 18.2 Å². The van der Waals surface area contributed by atoms with Crippen LogP contribution in [0.3, 0.4) is 0 Å². The fraction of sp³-hybridized carbons (Fsp3) is 0.